The van der Waals surface area contributed by atoms with Gasteiger partial charge in [-0.15, -0.1) is 0 Å². The van der Waals surface area contributed by atoms with Crippen LogP contribution < -0.4 is 0 Å². The van der Waals surface area contributed by atoms with Crippen LogP contribution in [0.15, 0.2) is 0 Å². The Balaban J connectivity index is 2.67. The number of nitrogens with zero attached hydrogens (tertiary/aromatic N) is 2. The summed E-state index contributed by atoms with van der Waals surface area (Å²) in [5.74, 6) is 1.24. The van der Waals surface area contributed by atoms with Crippen LogP contribution in [0, 0.1) is 0 Å². The SMILES string of the molecule is CC1=[N+](C)CC(CO)N1C. The summed E-state index contributed by atoms with van der Waals surface area (Å²) >= 11 is 0. The molecule has 0 aromatic carbocycles. The fraction of sp³-hybridized carbons (Fsp3) is 0.857. The van der Waals surface area contributed by atoms with E-state index >= 15 is 0 Å². The van der Waals surface area contributed by atoms with Crippen LogP contribution in [0.25, 0.3) is 0 Å². The van der Waals surface area contributed by atoms with E-state index in [-0.39, 0.29) is 6.61 Å². The van der Waals surface area contributed by atoms with Crippen molar-refractivity contribution < 1.29 is 9.68 Å². The summed E-state index contributed by atoms with van der Waals surface area (Å²) < 4.78 is 2.15. The van der Waals surface area contributed by atoms with Crippen LogP contribution in [0.5, 0.6) is 0 Å². The molecule has 0 radical (unpaired) electrons. The Bertz CT molecular complexity index is 165. The van der Waals surface area contributed by atoms with E-state index in [1.807, 2.05) is 14.1 Å². The van der Waals surface area contributed by atoms with Crippen molar-refractivity contribution in [2.45, 2.75) is 13.0 Å². The van der Waals surface area contributed by atoms with Crippen molar-refractivity contribution in [3.05, 3.63) is 0 Å². The molecule has 3 nitrogen and oxygen atoms in total. The Morgan fingerprint density at radius 3 is 2.60 bits per heavy atom. The molecule has 1 rings (SSSR count). The van der Waals surface area contributed by atoms with Crippen molar-refractivity contribution >= 4 is 5.84 Å². The lowest BCUT2D eigenvalue weighted by molar-refractivity contribution is -0.490. The van der Waals surface area contributed by atoms with E-state index in [1.54, 1.807) is 0 Å². The van der Waals surface area contributed by atoms with E-state index < -0.39 is 0 Å². The Hall–Kier alpha value is -0.570. The van der Waals surface area contributed by atoms with Gasteiger partial charge in [-0.25, -0.2) is 0 Å². The lowest BCUT2D eigenvalue weighted by Crippen LogP contribution is -2.34. The van der Waals surface area contributed by atoms with E-state index in [2.05, 4.69) is 16.4 Å². The van der Waals surface area contributed by atoms with Gasteiger partial charge in [-0.2, -0.15) is 0 Å². The molecule has 10 heavy (non-hydrogen) atoms. The summed E-state index contributed by atoms with van der Waals surface area (Å²) in [5.41, 5.74) is 0. The van der Waals surface area contributed by atoms with Crippen LogP contribution in [0.1, 0.15) is 6.92 Å². The molecule has 1 aliphatic rings. The maximum absolute atomic E-state index is 8.89. The lowest BCUT2D eigenvalue weighted by Gasteiger charge is -2.10. The Morgan fingerprint density at radius 2 is 2.40 bits per heavy atom. The van der Waals surface area contributed by atoms with Crippen LogP contribution in [0.4, 0.5) is 0 Å². The molecule has 1 heterocycles. The van der Waals surface area contributed by atoms with E-state index in [1.165, 1.54) is 5.84 Å². The van der Waals surface area contributed by atoms with Gasteiger partial charge < -0.3 is 5.11 Å². The molecule has 0 spiro atoms. The third-order valence-corrected chi connectivity index (χ3v) is 2.31. The third-order valence-electron chi connectivity index (χ3n) is 2.31. The minimum atomic E-state index is 0.248. The third kappa shape index (κ3) is 1.01. The van der Waals surface area contributed by atoms with Gasteiger partial charge in [-0.05, 0) is 0 Å². The van der Waals surface area contributed by atoms with E-state index in [4.69, 9.17) is 5.11 Å². The topological polar surface area (TPSA) is 26.5 Å². The number of hydrogen-bond donors (Lipinski definition) is 1. The van der Waals surface area contributed by atoms with Crippen molar-refractivity contribution in [2.24, 2.45) is 0 Å². The number of rotatable bonds is 1. The molecule has 0 aromatic heterocycles. The van der Waals surface area contributed by atoms with E-state index in [0.29, 0.717) is 6.04 Å². The Kier molecular flexibility index (Phi) is 1.94. The molecular weight excluding hydrogens is 128 g/mol. The van der Waals surface area contributed by atoms with E-state index in [9.17, 15) is 0 Å². The second-order valence-corrected chi connectivity index (χ2v) is 2.88. The van der Waals surface area contributed by atoms with Crippen LogP contribution in [-0.2, 0) is 0 Å². The molecule has 0 amide bonds. The van der Waals surface area contributed by atoms with Gasteiger partial charge in [0.1, 0.15) is 6.54 Å². The number of likely N-dealkylation sites (N-methyl/N-ethyl adjacent to an activating group) is 2. The fourth-order valence-electron chi connectivity index (χ4n) is 1.28. The quantitative estimate of drug-likeness (QED) is 0.494. The molecule has 1 N–H and O–H groups in total. The maximum Gasteiger partial charge on any atom is 0.243 e. The molecule has 0 saturated heterocycles. The molecule has 0 aromatic rings. The molecule has 58 valence electrons. The summed E-state index contributed by atoms with van der Waals surface area (Å²) in [6, 6.07) is 0.296. The van der Waals surface area contributed by atoms with Crippen LogP contribution in [0.2, 0.25) is 0 Å². The first-order valence-electron chi connectivity index (χ1n) is 3.55. The summed E-state index contributed by atoms with van der Waals surface area (Å²) in [7, 11) is 4.06. The zero-order valence-electron chi connectivity index (χ0n) is 6.83. The first-order valence-corrected chi connectivity index (χ1v) is 3.55. The minimum absolute atomic E-state index is 0.248. The average molecular weight is 143 g/mol. The van der Waals surface area contributed by atoms with Gasteiger partial charge in [0.25, 0.3) is 0 Å². The van der Waals surface area contributed by atoms with Gasteiger partial charge >= 0.3 is 0 Å². The largest absolute Gasteiger partial charge is 0.392 e. The first-order chi connectivity index (χ1) is 4.66. The van der Waals surface area contributed by atoms with Gasteiger partial charge in [0.15, 0.2) is 6.04 Å². The minimum Gasteiger partial charge on any atom is -0.392 e. The van der Waals surface area contributed by atoms with Gasteiger partial charge in [0.2, 0.25) is 5.84 Å². The summed E-state index contributed by atoms with van der Waals surface area (Å²) in [4.78, 5) is 2.11. The molecule has 1 unspecified atom stereocenters. The summed E-state index contributed by atoms with van der Waals surface area (Å²) in [5, 5.41) is 8.89. The van der Waals surface area contributed by atoms with Crippen molar-refractivity contribution in [3.8, 4) is 0 Å². The monoisotopic (exact) mass is 143 g/mol. The number of aliphatic hydroxyl groups is 1. The van der Waals surface area contributed by atoms with Crippen molar-refractivity contribution in [2.75, 3.05) is 27.2 Å². The van der Waals surface area contributed by atoms with Gasteiger partial charge in [0.05, 0.1) is 20.7 Å². The van der Waals surface area contributed by atoms with E-state index in [0.717, 1.165) is 6.54 Å². The normalized spacial score (nSPS) is 26.4. The predicted octanol–water partition coefficient (Wildman–Crippen LogP) is -0.647. The first kappa shape index (κ1) is 7.54. The lowest BCUT2D eigenvalue weighted by atomic mass is 10.3. The fourth-order valence-corrected chi connectivity index (χ4v) is 1.28. The Labute approximate surface area is 61.6 Å². The zero-order valence-corrected chi connectivity index (χ0v) is 6.83. The summed E-state index contributed by atoms with van der Waals surface area (Å²) in [6.45, 7) is 3.26. The summed E-state index contributed by atoms with van der Waals surface area (Å²) in [6.07, 6.45) is 0. The van der Waals surface area contributed by atoms with Crippen molar-refractivity contribution in [1.29, 1.82) is 0 Å². The average Bonchev–Trinajstić information content (AvgIpc) is 2.17. The molecule has 1 aliphatic heterocycles. The second-order valence-electron chi connectivity index (χ2n) is 2.88. The van der Waals surface area contributed by atoms with Crippen molar-refractivity contribution in [1.82, 2.24) is 4.90 Å². The number of aliphatic hydroxyl groups excluding tert-OH is 1. The highest BCUT2D eigenvalue weighted by atomic mass is 16.3. The molecule has 0 fully saturated rings. The predicted molar refractivity (Wildman–Crippen MR) is 40.4 cm³/mol. The molecular formula is C7H15N2O+. The van der Waals surface area contributed by atoms with Gasteiger partial charge in [0, 0.05) is 6.92 Å². The second kappa shape index (κ2) is 2.58. The van der Waals surface area contributed by atoms with Crippen LogP contribution in [-0.4, -0.2) is 53.7 Å². The zero-order chi connectivity index (χ0) is 7.72. The highest BCUT2D eigenvalue weighted by Crippen LogP contribution is 2.04. The number of hydrogen-bond acceptors (Lipinski definition) is 2. The van der Waals surface area contributed by atoms with Gasteiger partial charge in [-0.3, -0.25) is 9.48 Å². The van der Waals surface area contributed by atoms with Crippen LogP contribution in [0.3, 0.4) is 0 Å². The molecule has 0 saturated carbocycles. The molecule has 0 aliphatic carbocycles. The van der Waals surface area contributed by atoms with Gasteiger partial charge in [-0.1, -0.05) is 0 Å². The molecule has 1 atom stereocenters. The van der Waals surface area contributed by atoms with Crippen LogP contribution >= 0.6 is 0 Å². The Morgan fingerprint density at radius 1 is 1.80 bits per heavy atom. The standard InChI is InChI=1S/C7H15N2O/c1-6-8(2)4-7(5-10)9(6)3/h7,10H,4-5H2,1-3H3/q+1. The molecule has 0 bridgehead atoms. The smallest absolute Gasteiger partial charge is 0.243 e. The highest BCUT2D eigenvalue weighted by Gasteiger charge is 2.30. The maximum atomic E-state index is 8.89. The number of amidine groups is 1. The van der Waals surface area contributed by atoms with Crippen molar-refractivity contribution in [3.63, 3.8) is 0 Å². The highest BCUT2D eigenvalue weighted by molar-refractivity contribution is 5.75. The molecule has 3 heteroatoms.